The molecule has 0 bridgehead atoms. The molecule has 1 aromatic heterocycles. The molecular formula is C10H13ClO8S. The van der Waals surface area contributed by atoms with Gasteiger partial charge in [0, 0.05) is 10.7 Å². The van der Waals surface area contributed by atoms with E-state index in [0.29, 0.717) is 0 Å². The lowest BCUT2D eigenvalue weighted by molar-refractivity contribution is -0.157. The molecule has 0 aliphatic carbocycles. The lowest BCUT2D eigenvalue weighted by atomic mass is 9.95. The molecule has 0 atom stereocenters. The zero-order valence-corrected chi connectivity index (χ0v) is 12.5. The van der Waals surface area contributed by atoms with Gasteiger partial charge >= 0.3 is 21.1 Å². The normalized spacial score (nSPS) is 12.4. The lowest BCUT2D eigenvalue weighted by Gasteiger charge is -2.20. The van der Waals surface area contributed by atoms with Crippen molar-refractivity contribution in [2.75, 3.05) is 6.61 Å². The second kappa shape index (κ2) is 5.98. The summed E-state index contributed by atoms with van der Waals surface area (Å²) in [4.78, 5) is 22.6. The van der Waals surface area contributed by atoms with E-state index in [1.165, 1.54) is 20.8 Å². The van der Waals surface area contributed by atoms with Crippen LogP contribution >= 0.6 is 10.7 Å². The topological polar surface area (TPSA) is 113 Å². The van der Waals surface area contributed by atoms with Crippen LogP contribution in [-0.2, 0) is 29.7 Å². The summed E-state index contributed by atoms with van der Waals surface area (Å²) < 4.78 is 39.8. The molecule has 0 N–H and O–H groups in total. The fourth-order valence-electron chi connectivity index (χ4n) is 1.11. The Bertz CT molecular complexity index is 638. The maximum atomic E-state index is 11.8. The van der Waals surface area contributed by atoms with E-state index in [1.54, 1.807) is 0 Å². The number of rotatable bonds is 6. The molecule has 0 amide bonds. The van der Waals surface area contributed by atoms with Gasteiger partial charge in [0.1, 0.15) is 0 Å². The number of hydrogen-bond acceptors (Lipinski definition) is 8. The average molecular weight is 329 g/mol. The first-order valence-electron chi connectivity index (χ1n) is 5.37. The van der Waals surface area contributed by atoms with Gasteiger partial charge in [-0.2, -0.15) is 8.42 Å². The van der Waals surface area contributed by atoms with Gasteiger partial charge in [0.25, 0.3) is 0 Å². The van der Waals surface area contributed by atoms with E-state index in [-0.39, 0.29) is 18.1 Å². The van der Waals surface area contributed by atoms with Gasteiger partial charge in [-0.15, -0.1) is 0 Å². The van der Waals surface area contributed by atoms with E-state index >= 15 is 0 Å². The quantitative estimate of drug-likeness (QED) is 0.563. The highest BCUT2D eigenvalue weighted by Crippen LogP contribution is 2.21. The van der Waals surface area contributed by atoms with E-state index in [0.717, 1.165) is 0 Å². The van der Waals surface area contributed by atoms with Crippen molar-refractivity contribution in [3.8, 4) is 0 Å². The first-order valence-corrected chi connectivity index (χ1v) is 7.60. The Labute approximate surface area is 119 Å². The Morgan fingerprint density at radius 1 is 1.35 bits per heavy atom. The second-order valence-corrected chi connectivity index (χ2v) is 6.70. The van der Waals surface area contributed by atoms with Crippen molar-refractivity contribution < 1.29 is 31.0 Å². The van der Waals surface area contributed by atoms with E-state index in [2.05, 4.69) is 13.0 Å². The van der Waals surface area contributed by atoms with Crippen LogP contribution in [0.15, 0.2) is 13.6 Å². The van der Waals surface area contributed by atoms with Crippen LogP contribution in [0.2, 0.25) is 0 Å². The second-order valence-electron chi connectivity index (χ2n) is 4.55. The Kier molecular flexibility index (Phi) is 5.00. The number of halogens is 1. The molecule has 114 valence electrons. The molecule has 10 heteroatoms. The van der Waals surface area contributed by atoms with Gasteiger partial charge < -0.3 is 13.6 Å². The summed E-state index contributed by atoms with van der Waals surface area (Å²) >= 11 is 0. The molecule has 0 saturated carbocycles. The first-order chi connectivity index (χ1) is 9.01. The smallest absolute Gasteiger partial charge is 0.457 e. The highest BCUT2D eigenvalue weighted by molar-refractivity contribution is 8.09. The Hall–Kier alpha value is -1.32. The van der Waals surface area contributed by atoms with Crippen molar-refractivity contribution in [2.24, 2.45) is 5.41 Å². The molecule has 0 radical (unpaired) electrons. The minimum Gasteiger partial charge on any atom is -0.457 e. The van der Waals surface area contributed by atoms with Crippen molar-refractivity contribution in [3.63, 3.8) is 0 Å². The third-order valence-electron chi connectivity index (χ3n) is 2.28. The van der Waals surface area contributed by atoms with E-state index < -0.39 is 33.1 Å². The molecular weight excluding hydrogens is 316 g/mol. The number of aryl methyl sites for hydroxylation is 1. The number of carbonyl (C=O) groups excluding carboxylic acids is 1. The van der Waals surface area contributed by atoms with Gasteiger partial charge in [0.05, 0.1) is 12.0 Å². The van der Waals surface area contributed by atoms with Crippen LogP contribution in [0.5, 0.6) is 0 Å². The molecule has 0 spiro atoms. The number of esters is 1. The predicted octanol–water partition coefficient (Wildman–Crippen LogP) is 1.11. The largest absolute Gasteiger partial charge is 0.519 e. The van der Waals surface area contributed by atoms with Crippen LogP contribution in [0.1, 0.15) is 25.4 Å². The fraction of sp³-hybridized carbons (Fsp3) is 0.600. The van der Waals surface area contributed by atoms with Crippen molar-refractivity contribution in [1.29, 1.82) is 0 Å². The molecule has 1 heterocycles. The van der Waals surface area contributed by atoms with Gasteiger partial charge in [-0.1, -0.05) is 0 Å². The summed E-state index contributed by atoms with van der Waals surface area (Å²) in [6.45, 7) is 3.51. The van der Waals surface area contributed by atoms with Crippen LogP contribution in [0, 0.1) is 12.3 Å². The van der Waals surface area contributed by atoms with Crippen LogP contribution < -0.4 is 5.82 Å². The van der Waals surface area contributed by atoms with Gasteiger partial charge in [-0.05, 0) is 20.8 Å². The molecule has 1 aromatic rings. The summed E-state index contributed by atoms with van der Waals surface area (Å²) in [5.41, 5.74) is -1.25. The Balaban J connectivity index is 2.61. The third-order valence-corrected chi connectivity index (χ3v) is 2.95. The zero-order valence-electron chi connectivity index (χ0n) is 11.0. The predicted molar refractivity (Wildman–Crippen MR) is 66.3 cm³/mol. The van der Waals surface area contributed by atoms with E-state index in [1.807, 2.05) is 0 Å². The van der Waals surface area contributed by atoms with E-state index in [9.17, 15) is 18.0 Å². The summed E-state index contributed by atoms with van der Waals surface area (Å²) in [5, 5.41) is 0. The van der Waals surface area contributed by atoms with Crippen molar-refractivity contribution in [2.45, 2.75) is 27.4 Å². The van der Waals surface area contributed by atoms with Crippen LogP contribution in [-0.4, -0.2) is 21.0 Å². The molecule has 0 aromatic carbocycles. The van der Waals surface area contributed by atoms with Crippen LogP contribution in [0.4, 0.5) is 0 Å². The minimum absolute atomic E-state index is 0.0741. The van der Waals surface area contributed by atoms with Gasteiger partial charge in [-0.25, -0.2) is 4.79 Å². The standard InChI is InChI=1S/C10H13ClO8S/c1-6-7(19-9(13)18-6)4-16-8(12)10(2,3)5-17-20(11,14)15/h4-5H2,1-3H3. The summed E-state index contributed by atoms with van der Waals surface area (Å²) in [7, 11) is 0.704. The summed E-state index contributed by atoms with van der Waals surface area (Å²) in [5.74, 6) is -1.38. The third kappa shape index (κ3) is 4.99. The highest BCUT2D eigenvalue weighted by Gasteiger charge is 2.32. The SMILES string of the molecule is Cc1oc(=O)oc1COC(=O)C(C)(C)COS(=O)(=O)Cl. The molecule has 0 fully saturated rings. The highest BCUT2D eigenvalue weighted by atomic mass is 35.7. The summed E-state index contributed by atoms with van der Waals surface area (Å²) in [6, 6.07) is 0. The van der Waals surface area contributed by atoms with Gasteiger partial charge in [0.15, 0.2) is 18.1 Å². The van der Waals surface area contributed by atoms with Gasteiger partial charge in [-0.3, -0.25) is 8.98 Å². The fourth-order valence-corrected chi connectivity index (χ4v) is 1.68. The minimum atomic E-state index is -4.17. The lowest BCUT2D eigenvalue weighted by Crippen LogP contribution is -2.32. The van der Waals surface area contributed by atoms with Crippen molar-refractivity contribution in [3.05, 3.63) is 22.1 Å². The van der Waals surface area contributed by atoms with Crippen molar-refractivity contribution in [1.82, 2.24) is 0 Å². The Morgan fingerprint density at radius 2 is 1.95 bits per heavy atom. The van der Waals surface area contributed by atoms with Crippen LogP contribution in [0.3, 0.4) is 0 Å². The molecule has 0 aliphatic heterocycles. The zero-order chi connectivity index (χ0) is 15.6. The summed E-state index contributed by atoms with van der Waals surface area (Å²) in [6.07, 6.45) is 0. The van der Waals surface area contributed by atoms with Crippen molar-refractivity contribution >= 4 is 26.0 Å². The van der Waals surface area contributed by atoms with Crippen LogP contribution in [0.25, 0.3) is 0 Å². The molecule has 0 aliphatic rings. The molecule has 0 unspecified atom stereocenters. The van der Waals surface area contributed by atoms with Gasteiger partial charge in [0.2, 0.25) is 0 Å². The molecule has 1 rings (SSSR count). The molecule has 0 saturated heterocycles. The molecule has 20 heavy (non-hydrogen) atoms. The first kappa shape index (κ1) is 16.7. The average Bonchev–Trinajstić information content (AvgIpc) is 2.61. The number of ether oxygens (including phenoxy) is 1. The molecule has 8 nitrogen and oxygen atoms in total. The Morgan fingerprint density at radius 3 is 2.40 bits per heavy atom. The monoisotopic (exact) mass is 328 g/mol. The maximum absolute atomic E-state index is 11.8. The number of hydrogen-bond donors (Lipinski definition) is 0. The maximum Gasteiger partial charge on any atom is 0.519 e. The number of carbonyl (C=O) groups is 1. The van der Waals surface area contributed by atoms with E-state index in [4.69, 9.17) is 15.4 Å².